The van der Waals surface area contributed by atoms with E-state index in [9.17, 15) is 4.79 Å². The normalized spacial score (nSPS) is 17.1. The maximum absolute atomic E-state index is 12.6. The molecule has 1 aliphatic rings. The van der Waals surface area contributed by atoms with Gasteiger partial charge in [-0.1, -0.05) is 5.16 Å². The highest BCUT2D eigenvalue weighted by atomic mass is 32.1. The molecule has 0 saturated carbocycles. The van der Waals surface area contributed by atoms with Gasteiger partial charge in [0.05, 0.1) is 6.04 Å². The molecule has 0 bridgehead atoms. The summed E-state index contributed by atoms with van der Waals surface area (Å²) >= 11 is 1.67. The van der Waals surface area contributed by atoms with Crippen LogP contribution in [0.2, 0.25) is 0 Å². The van der Waals surface area contributed by atoms with Crippen LogP contribution in [0.4, 0.5) is 0 Å². The third-order valence-corrected chi connectivity index (χ3v) is 5.14. The molecule has 0 aliphatic carbocycles. The highest BCUT2D eigenvalue weighted by Crippen LogP contribution is 2.33. The van der Waals surface area contributed by atoms with E-state index in [4.69, 9.17) is 4.52 Å². The predicted octanol–water partition coefficient (Wildman–Crippen LogP) is 3.49. The number of aryl methyl sites for hydroxylation is 1. The van der Waals surface area contributed by atoms with E-state index < -0.39 is 0 Å². The zero-order valence-electron chi connectivity index (χ0n) is 13.7. The van der Waals surface area contributed by atoms with Gasteiger partial charge < -0.3 is 9.42 Å². The highest BCUT2D eigenvalue weighted by molar-refractivity contribution is 7.07. The van der Waals surface area contributed by atoms with E-state index in [-0.39, 0.29) is 11.9 Å². The van der Waals surface area contributed by atoms with Crippen molar-refractivity contribution in [2.24, 2.45) is 0 Å². The standard InChI is InChI=1S/C18H18N4O2S/c23-17(22-9-2-4-15(22)14-7-10-25-12-14)6-5-16-20-18(21-24-16)13-3-1-8-19-11-13/h1,3,7-8,10-12,15H,2,4-6,9H2/t15-/m0/s1. The van der Waals surface area contributed by atoms with E-state index >= 15 is 0 Å². The van der Waals surface area contributed by atoms with Crippen LogP contribution in [0.15, 0.2) is 45.9 Å². The summed E-state index contributed by atoms with van der Waals surface area (Å²) in [4.78, 5) is 23.0. The van der Waals surface area contributed by atoms with Crippen molar-refractivity contribution in [3.63, 3.8) is 0 Å². The summed E-state index contributed by atoms with van der Waals surface area (Å²) in [6.45, 7) is 0.824. The van der Waals surface area contributed by atoms with Crippen molar-refractivity contribution in [2.75, 3.05) is 6.54 Å². The Morgan fingerprint density at radius 2 is 2.36 bits per heavy atom. The highest BCUT2D eigenvalue weighted by Gasteiger charge is 2.30. The number of carbonyl (C=O) groups excluding carboxylic acids is 1. The second-order valence-corrected chi connectivity index (χ2v) is 6.84. The molecular weight excluding hydrogens is 336 g/mol. The lowest BCUT2D eigenvalue weighted by molar-refractivity contribution is -0.132. The Morgan fingerprint density at radius 3 is 3.16 bits per heavy atom. The van der Waals surface area contributed by atoms with Crippen LogP contribution < -0.4 is 0 Å². The van der Waals surface area contributed by atoms with Gasteiger partial charge in [0, 0.05) is 37.3 Å². The predicted molar refractivity (Wildman–Crippen MR) is 93.9 cm³/mol. The number of nitrogens with zero attached hydrogens (tertiary/aromatic N) is 4. The van der Waals surface area contributed by atoms with Crippen molar-refractivity contribution in [3.05, 3.63) is 52.8 Å². The molecule has 0 spiro atoms. The van der Waals surface area contributed by atoms with E-state index in [0.717, 1.165) is 24.9 Å². The van der Waals surface area contributed by atoms with E-state index in [0.29, 0.717) is 24.6 Å². The van der Waals surface area contributed by atoms with Crippen molar-refractivity contribution in [2.45, 2.75) is 31.7 Å². The van der Waals surface area contributed by atoms with Gasteiger partial charge in [-0.3, -0.25) is 9.78 Å². The fourth-order valence-electron chi connectivity index (χ4n) is 3.20. The SMILES string of the molecule is O=C(CCc1nc(-c2cccnc2)no1)N1CCC[C@H]1c1ccsc1. The summed E-state index contributed by atoms with van der Waals surface area (Å²) in [7, 11) is 0. The van der Waals surface area contributed by atoms with Crippen LogP contribution in [-0.4, -0.2) is 32.5 Å². The maximum atomic E-state index is 12.6. The summed E-state index contributed by atoms with van der Waals surface area (Å²) in [6, 6.07) is 6.03. The third kappa shape index (κ3) is 3.46. The number of likely N-dealkylation sites (tertiary alicyclic amines) is 1. The van der Waals surface area contributed by atoms with Crippen LogP contribution in [-0.2, 0) is 11.2 Å². The van der Waals surface area contributed by atoms with Crippen LogP contribution >= 0.6 is 11.3 Å². The molecule has 1 amide bonds. The number of amides is 1. The molecule has 7 heteroatoms. The minimum absolute atomic E-state index is 0.148. The second kappa shape index (κ2) is 7.14. The van der Waals surface area contributed by atoms with E-state index in [1.807, 2.05) is 17.0 Å². The lowest BCUT2D eigenvalue weighted by Gasteiger charge is -2.24. The Bertz CT molecular complexity index is 832. The molecule has 4 heterocycles. The van der Waals surface area contributed by atoms with Crippen LogP contribution in [0.25, 0.3) is 11.4 Å². The van der Waals surface area contributed by atoms with Gasteiger partial charge in [-0.25, -0.2) is 0 Å². The zero-order valence-corrected chi connectivity index (χ0v) is 14.5. The molecule has 1 aliphatic heterocycles. The number of carbonyl (C=O) groups is 1. The van der Waals surface area contributed by atoms with Gasteiger partial charge in [0.25, 0.3) is 0 Å². The van der Waals surface area contributed by atoms with Crippen molar-refractivity contribution in [1.29, 1.82) is 0 Å². The Kier molecular flexibility index (Phi) is 4.56. The number of aromatic nitrogens is 3. The average molecular weight is 354 g/mol. The molecule has 0 unspecified atom stereocenters. The summed E-state index contributed by atoms with van der Waals surface area (Å²) in [5.74, 6) is 1.14. The molecule has 3 aromatic rings. The Hall–Kier alpha value is -2.54. The summed E-state index contributed by atoms with van der Waals surface area (Å²) in [5, 5.41) is 8.17. The first kappa shape index (κ1) is 16.0. The maximum Gasteiger partial charge on any atom is 0.227 e. The lowest BCUT2D eigenvalue weighted by atomic mass is 10.1. The summed E-state index contributed by atoms with van der Waals surface area (Å²) in [5.41, 5.74) is 2.05. The molecule has 3 aromatic heterocycles. The zero-order chi connectivity index (χ0) is 17.1. The molecule has 6 nitrogen and oxygen atoms in total. The molecule has 1 fully saturated rings. The number of hydrogen-bond acceptors (Lipinski definition) is 6. The van der Waals surface area contributed by atoms with Crippen LogP contribution in [0.1, 0.15) is 36.8 Å². The molecule has 25 heavy (non-hydrogen) atoms. The number of rotatable bonds is 5. The number of pyridine rings is 1. The summed E-state index contributed by atoms with van der Waals surface area (Å²) in [6.07, 6.45) is 6.32. The molecule has 1 atom stereocenters. The fraction of sp³-hybridized carbons (Fsp3) is 0.333. The van der Waals surface area contributed by atoms with E-state index in [2.05, 4.69) is 32.0 Å². The molecule has 0 N–H and O–H groups in total. The Morgan fingerprint density at radius 1 is 1.40 bits per heavy atom. The fourth-order valence-corrected chi connectivity index (χ4v) is 3.91. The molecule has 0 aromatic carbocycles. The first-order valence-corrected chi connectivity index (χ1v) is 9.30. The van der Waals surface area contributed by atoms with Crippen molar-refractivity contribution in [3.8, 4) is 11.4 Å². The first-order valence-electron chi connectivity index (χ1n) is 8.36. The Labute approximate surface area is 149 Å². The minimum Gasteiger partial charge on any atom is -0.339 e. The smallest absolute Gasteiger partial charge is 0.227 e. The van der Waals surface area contributed by atoms with Gasteiger partial charge >= 0.3 is 0 Å². The third-order valence-electron chi connectivity index (χ3n) is 4.44. The van der Waals surface area contributed by atoms with E-state index in [1.54, 1.807) is 23.7 Å². The first-order chi connectivity index (χ1) is 12.3. The van der Waals surface area contributed by atoms with Gasteiger partial charge in [0.15, 0.2) is 0 Å². The van der Waals surface area contributed by atoms with Gasteiger partial charge in [0.1, 0.15) is 0 Å². The lowest BCUT2D eigenvalue weighted by Crippen LogP contribution is -2.30. The largest absolute Gasteiger partial charge is 0.339 e. The van der Waals surface area contributed by atoms with Gasteiger partial charge in [0.2, 0.25) is 17.6 Å². The topological polar surface area (TPSA) is 72.1 Å². The van der Waals surface area contributed by atoms with Crippen molar-refractivity contribution < 1.29 is 9.32 Å². The molecule has 1 saturated heterocycles. The van der Waals surface area contributed by atoms with E-state index in [1.165, 1.54) is 5.56 Å². The number of hydrogen-bond donors (Lipinski definition) is 0. The molecule has 0 radical (unpaired) electrons. The van der Waals surface area contributed by atoms with Gasteiger partial charge in [-0.15, -0.1) is 0 Å². The average Bonchev–Trinajstić information content (AvgIpc) is 3.41. The van der Waals surface area contributed by atoms with Crippen molar-refractivity contribution in [1.82, 2.24) is 20.0 Å². The van der Waals surface area contributed by atoms with Crippen LogP contribution in [0, 0.1) is 0 Å². The molecule has 4 rings (SSSR count). The van der Waals surface area contributed by atoms with Gasteiger partial charge in [-0.05, 0) is 47.4 Å². The quantitative estimate of drug-likeness (QED) is 0.701. The molecular formula is C18H18N4O2S. The van der Waals surface area contributed by atoms with Crippen molar-refractivity contribution >= 4 is 17.2 Å². The van der Waals surface area contributed by atoms with Crippen LogP contribution in [0.3, 0.4) is 0 Å². The van der Waals surface area contributed by atoms with Gasteiger partial charge in [-0.2, -0.15) is 16.3 Å². The second-order valence-electron chi connectivity index (χ2n) is 6.06. The Balaban J connectivity index is 1.38. The number of thiophene rings is 1. The summed E-state index contributed by atoms with van der Waals surface area (Å²) < 4.78 is 5.27. The monoisotopic (exact) mass is 354 g/mol. The minimum atomic E-state index is 0.148. The van der Waals surface area contributed by atoms with Crippen LogP contribution in [0.5, 0.6) is 0 Å². The molecule has 128 valence electrons.